The largest absolute Gasteiger partial charge is 0.497 e. The summed E-state index contributed by atoms with van der Waals surface area (Å²) >= 11 is 1.57. The molecule has 2 aromatic rings. The molecule has 2 rings (SSSR count). The first-order valence-electron chi connectivity index (χ1n) is 11.5. The molecular weight excluding hydrogens is 436 g/mol. The molecule has 1 amide bonds. The molecule has 182 valence electrons. The van der Waals surface area contributed by atoms with Crippen LogP contribution < -0.4 is 10.1 Å². The van der Waals surface area contributed by atoms with Crippen LogP contribution in [0.3, 0.4) is 0 Å². The molecule has 2 aromatic carbocycles. The van der Waals surface area contributed by atoms with Gasteiger partial charge in [0.25, 0.3) is 0 Å². The first-order valence-corrected chi connectivity index (χ1v) is 12.2. The van der Waals surface area contributed by atoms with Gasteiger partial charge < -0.3 is 20.3 Å². The number of carbonyl (C=O) groups excluding carboxylic acids is 1. The average molecular weight is 475 g/mol. The van der Waals surface area contributed by atoms with Gasteiger partial charge in [0, 0.05) is 18.0 Å². The van der Waals surface area contributed by atoms with E-state index in [0.29, 0.717) is 18.9 Å². The predicted octanol–water partition coefficient (Wildman–Crippen LogP) is 3.77. The number of hydrogen-bond donors (Lipinski definition) is 3. The number of methoxy groups -OCH3 is 1. The second kappa shape index (κ2) is 13.6. The highest BCUT2D eigenvalue weighted by molar-refractivity contribution is 7.97. The SMILES string of the molecule is COc1ccc(SN(CC(C)C)CC(O)C(Cc2ccccc2)NC(=O)C(O)C(C)C)cc1. The van der Waals surface area contributed by atoms with Crippen LogP contribution in [0.1, 0.15) is 33.3 Å². The van der Waals surface area contributed by atoms with Gasteiger partial charge in [-0.2, -0.15) is 0 Å². The Morgan fingerprint density at radius 1 is 1.00 bits per heavy atom. The Labute approximate surface area is 202 Å². The van der Waals surface area contributed by atoms with E-state index in [2.05, 4.69) is 23.5 Å². The third-order valence-corrected chi connectivity index (χ3v) is 6.28. The molecule has 0 saturated heterocycles. The summed E-state index contributed by atoms with van der Waals surface area (Å²) in [5.41, 5.74) is 1.01. The van der Waals surface area contributed by atoms with Gasteiger partial charge in [-0.05, 0) is 60.0 Å². The maximum atomic E-state index is 12.6. The molecule has 0 aliphatic carbocycles. The van der Waals surface area contributed by atoms with Gasteiger partial charge in [0.2, 0.25) is 5.91 Å². The van der Waals surface area contributed by atoms with Gasteiger partial charge in [0.15, 0.2) is 0 Å². The van der Waals surface area contributed by atoms with E-state index in [9.17, 15) is 15.0 Å². The van der Waals surface area contributed by atoms with E-state index in [1.165, 1.54) is 0 Å². The van der Waals surface area contributed by atoms with Crippen molar-refractivity contribution in [3.63, 3.8) is 0 Å². The second-order valence-corrected chi connectivity index (χ2v) is 10.2. The van der Waals surface area contributed by atoms with Crippen molar-refractivity contribution in [1.82, 2.24) is 9.62 Å². The van der Waals surface area contributed by atoms with Crippen molar-refractivity contribution in [3.05, 3.63) is 60.2 Å². The summed E-state index contributed by atoms with van der Waals surface area (Å²) in [4.78, 5) is 13.6. The highest BCUT2D eigenvalue weighted by Crippen LogP contribution is 2.26. The zero-order valence-corrected chi connectivity index (χ0v) is 21.1. The molecule has 0 heterocycles. The molecule has 0 radical (unpaired) electrons. The van der Waals surface area contributed by atoms with Crippen LogP contribution in [-0.4, -0.2) is 58.9 Å². The van der Waals surface area contributed by atoms with E-state index in [4.69, 9.17) is 4.74 Å². The lowest BCUT2D eigenvalue weighted by Crippen LogP contribution is -2.52. The van der Waals surface area contributed by atoms with E-state index >= 15 is 0 Å². The lowest BCUT2D eigenvalue weighted by Gasteiger charge is -2.31. The Morgan fingerprint density at radius 2 is 1.64 bits per heavy atom. The van der Waals surface area contributed by atoms with Crippen molar-refractivity contribution in [3.8, 4) is 5.75 Å². The van der Waals surface area contributed by atoms with Crippen LogP contribution in [0.5, 0.6) is 5.75 Å². The minimum absolute atomic E-state index is 0.206. The summed E-state index contributed by atoms with van der Waals surface area (Å²) in [5.74, 6) is 0.530. The fraction of sp³-hybridized carbons (Fsp3) is 0.500. The minimum Gasteiger partial charge on any atom is -0.497 e. The van der Waals surface area contributed by atoms with Crippen molar-refractivity contribution in [2.45, 2.75) is 57.3 Å². The number of amides is 1. The van der Waals surface area contributed by atoms with Gasteiger partial charge >= 0.3 is 0 Å². The number of carbonyl (C=O) groups is 1. The Hall–Kier alpha value is -2.06. The number of aliphatic hydroxyl groups is 2. The highest BCUT2D eigenvalue weighted by atomic mass is 32.2. The normalized spacial score (nSPS) is 14.4. The zero-order chi connectivity index (χ0) is 24.4. The Bertz CT molecular complexity index is 830. The summed E-state index contributed by atoms with van der Waals surface area (Å²) in [6.07, 6.45) is -1.46. The lowest BCUT2D eigenvalue weighted by atomic mass is 9.99. The molecule has 7 heteroatoms. The van der Waals surface area contributed by atoms with E-state index in [0.717, 1.165) is 22.8 Å². The molecule has 6 nitrogen and oxygen atoms in total. The number of nitrogens with one attached hydrogen (secondary N) is 1. The molecule has 33 heavy (non-hydrogen) atoms. The standard InChI is InChI=1S/C26H38N2O4S/c1-18(2)16-28(33-22-13-11-21(32-5)12-14-22)17-24(29)23(15-20-9-7-6-8-10-20)27-26(31)25(30)19(3)4/h6-14,18-19,23-25,29-30H,15-17H2,1-5H3,(H,27,31). The number of hydrogen-bond acceptors (Lipinski definition) is 6. The van der Waals surface area contributed by atoms with Gasteiger partial charge in [-0.15, -0.1) is 0 Å². The van der Waals surface area contributed by atoms with E-state index in [1.54, 1.807) is 32.9 Å². The zero-order valence-electron chi connectivity index (χ0n) is 20.3. The molecule has 0 fully saturated rings. The van der Waals surface area contributed by atoms with Crippen LogP contribution in [0.4, 0.5) is 0 Å². The fourth-order valence-corrected chi connectivity index (χ4v) is 4.56. The fourth-order valence-electron chi connectivity index (χ4n) is 3.40. The molecule has 0 aliphatic rings. The number of benzene rings is 2. The summed E-state index contributed by atoms with van der Waals surface area (Å²) in [5, 5.41) is 24.3. The molecule has 3 atom stereocenters. The second-order valence-electron chi connectivity index (χ2n) is 9.07. The summed E-state index contributed by atoms with van der Waals surface area (Å²) in [6.45, 7) is 9.00. The summed E-state index contributed by atoms with van der Waals surface area (Å²) in [7, 11) is 1.64. The molecule has 0 aromatic heterocycles. The van der Waals surface area contributed by atoms with Crippen molar-refractivity contribution < 1.29 is 19.7 Å². The Kier molecular flexibility index (Phi) is 11.2. The van der Waals surface area contributed by atoms with Crippen LogP contribution in [0.15, 0.2) is 59.5 Å². The molecule has 0 aliphatic heterocycles. The third kappa shape index (κ3) is 9.37. The number of rotatable bonds is 13. The average Bonchev–Trinajstić information content (AvgIpc) is 2.78. The maximum absolute atomic E-state index is 12.6. The van der Waals surface area contributed by atoms with Crippen LogP contribution in [0, 0.1) is 11.8 Å². The first-order chi connectivity index (χ1) is 15.7. The van der Waals surface area contributed by atoms with Crippen molar-refractivity contribution in [2.75, 3.05) is 20.2 Å². The van der Waals surface area contributed by atoms with Gasteiger partial charge in [-0.1, -0.05) is 58.0 Å². The van der Waals surface area contributed by atoms with Crippen molar-refractivity contribution in [2.24, 2.45) is 11.8 Å². The van der Waals surface area contributed by atoms with Gasteiger partial charge in [-0.3, -0.25) is 4.79 Å². The summed E-state index contributed by atoms with van der Waals surface area (Å²) < 4.78 is 7.37. The number of ether oxygens (including phenoxy) is 1. The molecule has 0 bridgehead atoms. The predicted molar refractivity (Wildman–Crippen MR) is 134 cm³/mol. The topological polar surface area (TPSA) is 82.0 Å². The molecule has 0 spiro atoms. The molecule has 0 saturated carbocycles. The molecule has 3 N–H and O–H groups in total. The smallest absolute Gasteiger partial charge is 0.249 e. The minimum atomic E-state index is -1.11. The number of nitrogens with zero attached hydrogens (tertiary/aromatic N) is 1. The van der Waals surface area contributed by atoms with E-state index in [-0.39, 0.29) is 5.92 Å². The lowest BCUT2D eigenvalue weighted by molar-refractivity contribution is -0.133. The maximum Gasteiger partial charge on any atom is 0.249 e. The van der Waals surface area contributed by atoms with Crippen LogP contribution in [-0.2, 0) is 11.2 Å². The highest BCUT2D eigenvalue weighted by Gasteiger charge is 2.28. The van der Waals surface area contributed by atoms with Crippen LogP contribution >= 0.6 is 11.9 Å². The third-order valence-electron chi connectivity index (χ3n) is 5.24. The van der Waals surface area contributed by atoms with Crippen molar-refractivity contribution in [1.29, 1.82) is 0 Å². The van der Waals surface area contributed by atoms with Gasteiger partial charge in [-0.25, -0.2) is 4.31 Å². The Balaban J connectivity index is 2.16. The van der Waals surface area contributed by atoms with Gasteiger partial charge in [0.05, 0.1) is 19.3 Å². The van der Waals surface area contributed by atoms with Crippen molar-refractivity contribution >= 4 is 17.9 Å². The quantitative estimate of drug-likeness (QED) is 0.384. The summed E-state index contributed by atoms with van der Waals surface area (Å²) in [6, 6.07) is 17.0. The van der Waals surface area contributed by atoms with Crippen LogP contribution in [0.25, 0.3) is 0 Å². The van der Waals surface area contributed by atoms with E-state index < -0.39 is 24.2 Å². The first kappa shape index (κ1) is 27.2. The monoisotopic (exact) mass is 474 g/mol. The Morgan fingerprint density at radius 3 is 2.18 bits per heavy atom. The van der Waals surface area contributed by atoms with Gasteiger partial charge in [0.1, 0.15) is 11.9 Å². The number of aliphatic hydroxyl groups excluding tert-OH is 2. The molecule has 3 unspecified atom stereocenters. The van der Waals surface area contributed by atoms with Crippen LogP contribution in [0.2, 0.25) is 0 Å². The van der Waals surface area contributed by atoms with E-state index in [1.807, 2.05) is 54.6 Å². The molecular formula is C26H38N2O4S.